The number of amides is 3. The number of unbranched alkanes of at least 4 members (excludes halogenated alkanes) is 1. The lowest BCUT2D eigenvalue weighted by atomic mass is 10.1. The van der Waals surface area contributed by atoms with Crippen molar-refractivity contribution in [2.45, 2.75) is 25.7 Å². The Morgan fingerprint density at radius 3 is 2.16 bits per heavy atom. The molecule has 0 heterocycles. The third-order valence-corrected chi connectivity index (χ3v) is 2.50. The quantitative estimate of drug-likeness (QED) is 0.514. The second-order valence-electron chi connectivity index (χ2n) is 4.17. The number of carbonyl (C=O) groups is 3. The summed E-state index contributed by atoms with van der Waals surface area (Å²) in [5.41, 5.74) is 11.4. The molecule has 0 spiro atoms. The normalized spacial score (nSPS) is 9.89. The van der Waals surface area contributed by atoms with E-state index in [-0.39, 0.29) is 18.7 Å². The second-order valence-corrected chi connectivity index (χ2v) is 4.17. The maximum Gasteiger partial charge on any atom is 0.257 e. The Balaban J connectivity index is 2.34. The van der Waals surface area contributed by atoms with Gasteiger partial charge in [0.25, 0.3) is 5.91 Å². The molecule has 0 bridgehead atoms. The summed E-state index contributed by atoms with van der Waals surface area (Å²) in [5, 5.41) is 2.27. The molecular formula is C13H17N3O3. The SMILES string of the molecule is NC(=O)CCCCC(=O)NC(=O)c1ccc(N)cc1. The first-order valence-corrected chi connectivity index (χ1v) is 5.97. The third kappa shape index (κ3) is 5.67. The first-order valence-electron chi connectivity index (χ1n) is 5.97. The molecule has 0 atom stereocenters. The molecule has 1 rings (SSSR count). The van der Waals surface area contributed by atoms with Gasteiger partial charge in [0.05, 0.1) is 0 Å². The first kappa shape index (κ1) is 14.7. The molecule has 3 amide bonds. The number of nitrogens with one attached hydrogen (secondary N) is 1. The van der Waals surface area contributed by atoms with Crippen LogP contribution in [-0.4, -0.2) is 17.7 Å². The fourth-order valence-electron chi connectivity index (χ4n) is 1.48. The Labute approximate surface area is 111 Å². The molecule has 1 aromatic rings. The summed E-state index contributed by atoms with van der Waals surface area (Å²) >= 11 is 0. The summed E-state index contributed by atoms with van der Waals surface area (Å²) in [7, 11) is 0. The number of benzene rings is 1. The third-order valence-electron chi connectivity index (χ3n) is 2.50. The number of primary amides is 1. The second kappa shape index (κ2) is 7.15. The molecule has 0 aliphatic carbocycles. The molecule has 0 saturated carbocycles. The van der Waals surface area contributed by atoms with Crippen molar-refractivity contribution in [3.63, 3.8) is 0 Å². The van der Waals surface area contributed by atoms with Gasteiger partial charge in [0, 0.05) is 24.1 Å². The molecule has 102 valence electrons. The van der Waals surface area contributed by atoms with Crippen LogP contribution in [0.1, 0.15) is 36.0 Å². The van der Waals surface area contributed by atoms with Crippen LogP contribution < -0.4 is 16.8 Å². The average molecular weight is 263 g/mol. The van der Waals surface area contributed by atoms with Gasteiger partial charge in [-0.05, 0) is 37.1 Å². The molecule has 6 heteroatoms. The van der Waals surface area contributed by atoms with E-state index in [1.807, 2.05) is 0 Å². The smallest absolute Gasteiger partial charge is 0.257 e. The maximum absolute atomic E-state index is 11.7. The standard InChI is InChI=1S/C13H17N3O3/c14-10-7-5-9(6-8-10)13(19)16-12(18)4-2-1-3-11(15)17/h5-8H,1-4,14H2,(H2,15,17)(H,16,18,19). The lowest BCUT2D eigenvalue weighted by Crippen LogP contribution is -2.30. The fraction of sp³-hybridized carbons (Fsp3) is 0.308. The fourth-order valence-corrected chi connectivity index (χ4v) is 1.48. The van der Waals surface area contributed by atoms with Crippen molar-refractivity contribution in [3.8, 4) is 0 Å². The van der Waals surface area contributed by atoms with Crippen LogP contribution in [0.15, 0.2) is 24.3 Å². The average Bonchev–Trinajstić information content (AvgIpc) is 2.35. The lowest BCUT2D eigenvalue weighted by molar-refractivity contribution is -0.121. The van der Waals surface area contributed by atoms with Gasteiger partial charge >= 0.3 is 0 Å². The summed E-state index contributed by atoms with van der Waals surface area (Å²) in [6.07, 6.45) is 1.50. The topological polar surface area (TPSA) is 115 Å². The number of nitrogens with two attached hydrogens (primary N) is 2. The Bertz CT molecular complexity index is 469. The molecule has 0 aliphatic heterocycles. The van der Waals surface area contributed by atoms with Crippen LogP contribution >= 0.6 is 0 Å². The van der Waals surface area contributed by atoms with Crippen molar-refractivity contribution in [1.82, 2.24) is 5.32 Å². The number of anilines is 1. The molecule has 5 N–H and O–H groups in total. The molecule has 19 heavy (non-hydrogen) atoms. The summed E-state index contributed by atoms with van der Waals surface area (Å²) in [6, 6.07) is 6.27. The van der Waals surface area contributed by atoms with Crippen molar-refractivity contribution in [2.24, 2.45) is 5.73 Å². The number of rotatable bonds is 6. The molecule has 0 unspecified atom stereocenters. The summed E-state index contributed by atoms with van der Waals surface area (Å²) in [4.78, 5) is 33.6. The molecular weight excluding hydrogens is 246 g/mol. The van der Waals surface area contributed by atoms with Crippen LogP contribution in [0.3, 0.4) is 0 Å². The molecule has 0 saturated heterocycles. The number of carbonyl (C=O) groups excluding carboxylic acids is 3. The van der Waals surface area contributed by atoms with Gasteiger partial charge in [-0.25, -0.2) is 0 Å². The Kier molecular flexibility index (Phi) is 5.53. The Hall–Kier alpha value is -2.37. The maximum atomic E-state index is 11.7. The van der Waals surface area contributed by atoms with Gasteiger partial charge in [0.2, 0.25) is 11.8 Å². The molecule has 0 radical (unpaired) electrons. The van der Waals surface area contributed by atoms with E-state index in [1.54, 1.807) is 24.3 Å². The van der Waals surface area contributed by atoms with E-state index in [0.717, 1.165) is 0 Å². The predicted molar refractivity (Wildman–Crippen MR) is 71.0 cm³/mol. The number of hydrogen-bond donors (Lipinski definition) is 3. The number of hydrogen-bond acceptors (Lipinski definition) is 4. The molecule has 0 fully saturated rings. The summed E-state index contributed by atoms with van der Waals surface area (Å²) in [5.74, 6) is -1.22. The van der Waals surface area contributed by atoms with E-state index in [1.165, 1.54) is 0 Å². The minimum atomic E-state index is -0.458. The summed E-state index contributed by atoms with van der Waals surface area (Å²) in [6.45, 7) is 0. The van der Waals surface area contributed by atoms with Crippen LogP contribution in [0.5, 0.6) is 0 Å². The molecule has 0 aliphatic rings. The predicted octanol–water partition coefficient (Wildman–Crippen LogP) is 0.571. The van der Waals surface area contributed by atoms with Crippen molar-refractivity contribution in [2.75, 3.05) is 5.73 Å². The van der Waals surface area contributed by atoms with Gasteiger partial charge in [-0.2, -0.15) is 0 Å². The number of nitrogen functional groups attached to an aromatic ring is 1. The molecule has 1 aromatic carbocycles. The van der Waals surface area contributed by atoms with Gasteiger partial charge < -0.3 is 11.5 Å². The van der Waals surface area contributed by atoms with Gasteiger partial charge in [0.15, 0.2) is 0 Å². The minimum Gasteiger partial charge on any atom is -0.399 e. The zero-order chi connectivity index (χ0) is 14.3. The molecule has 6 nitrogen and oxygen atoms in total. The van der Waals surface area contributed by atoms with E-state index in [0.29, 0.717) is 24.1 Å². The highest BCUT2D eigenvalue weighted by molar-refractivity contribution is 6.04. The number of imide groups is 1. The van der Waals surface area contributed by atoms with Crippen LogP contribution in [-0.2, 0) is 9.59 Å². The first-order chi connectivity index (χ1) is 8.99. The van der Waals surface area contributed by atoms with E-state index < -0.39 is 11.8 Å². The van der Waals surface area contributed by atoms with Crippen molar-refractivity contribution >= 4 is 23.4 Å². The van der Waals surface area contributed by atoms with Gasteiger partial charge in [0.1, 0.15) is 0 Å². The van der Waals surface area contributed by atoms with E-state index >= 15 is 0 Å². The van der Waals surface area contributed by atoms with Crippen molar-refractivity contribution < 1.29 is 14.4 Å². The van der Waals surface area contributed by atoms with Crippen molar-refractivity contribution in [1.29, 1.82) is 0 Å². The van der Waals surface area contributed by atoms with Crippen LogP contribution in [0.2, 0.25) is 0 Å². The molecule has 0 aromatic heterocycles. The van der Waals surface area contributed by atoms with E-state index in [2.05, 4.69) is 5.32 Å². The van der Waals surface area contributed by atoms with Crippen LogP contribution in [0.4, 0.5) is 5.69 Å². The minimum absolute atomic E-state index is 0.188. The largest absolute Gasteiger partial charge is 0.399 e. The highest BCUT2D eigenvalue weighted by Crippen LogP contribution is 2.05. The highest BCUT2D eigenvalue weighted by Gasteiger charge is 2.09. The van der Waals surface area contributed by atoms with Gasteiger partial charge in [-0.15, -0.1) is 0 Å². The zero-order valence-corrected chi connectivity index (χ0v) is 10.5. The van der Waals surface area contributed by atoms with Crippen LogP contribution in [0.25, 0.3) is 0 Å². The summed E-state index contributed by atoms with van der Waals surface area (Å²) < 4.78 is 0. The lowest BCUT2D eigenvalue weighted by Gasteiger charge is -2.04. The zero-order valence-electron chi connectivity index (χ0n) is 10.5. The Morgan fingerprint density at radius 2 is 1.58 bits per heavy atom. The Morgan fingerprint density at radius 1 is 1.00 bits per heavy atom. The van der Waals surface area contributed by atoms with Gasteiger partial charge in [-0.3, -0.25) is 19.7 Å². The monoisotopic (exact) mass is 263 g/mol. The van der Waals surface area contributed by atoms with E-state index in [9.17, 15) is 14.4 Å². The van der Waals surface area contributed by atoms with E-state index in [4.69, 9.17) is 11.5 Å². The highest BCUT2D eigenvalue weighted by atomic mass is 16.2. The van der Waals surface area contributed by atoms with Crippen LogP contribution in [0, 0.1) is 0 Å². The van der Waals surface area contributed by atoms with Gasteiger partial charge in [-0.1, -0.05) is 0 Å². The van der Waals surface area contributed by atoms with Crippen molar-refractivity contribution in [3.05, 3.63) is 29.8 Å².